The van der Waals surface area contributed by atoms with Gasteiger partial charge in [0, 0.05) is 13.5 Å². The first kappa shape index (κ1) is 12.5. The third-order valence-corrected chi connectivity index (χ3v) is 2.86. The monoisotopic (exact) mass is 214 g/mol. The molecule has 1 amide bonds. The van der Waals surface area contributed by atoms with E-state index < -0.39 is 0 Å². The number of methoxy groups -OCH3 is 1. The highest BCUT2D eigenvalue weighted by molar-refractivity contribution is 5.76. The zero-order valence-corrected chi connectivity index (χ0v) is 9.71. The summed E-state index contributed by atoms with van der Waals surface area (Å²) in [5.74, 6) is 0.678. The van der Waals surface area contributed by atoms with Crippen LogP contribution in [0.2, 0.25) is 0 Å². The summed E-state index contributed by atoms with van der Waals surface area (Å²) in [4.78, 5) is 11.6. The molecule has 2 atom stereocenters. The lowest BCUT2D eigenvalue weighted by Crippen LogP contribution is -2.38. The van der Waals surface area contributed by atoms with Gasteiger partial charge in [-0.05, 0) is 31.8 Å². The predicted octanol–water partition coefficient (Wildman–Crippen LogP) is 0.527. The number of nitrogens with one attached hydrogen (secondary N) is 2. The van der Waals surface area contributed by atoms with E-state index in [2.05, 4.69) is 17.6 Å². The van der Waals surface area contributed by atoms with Crippen LogP contribution in [0.1, 0.15) is 26.2 Å². The Labute approximate surface area is 91.8 Å². The van der Waals surface area contributed by atoms with Gasteiger partial charge in [0.05, 0.1) is 12.6 Å². The first-order valence-electron chi connectivity index (χ1n) is 5.75. The maximum atomic E-state index is 11.6. The number of rotatable bonds is 6. The highest BCUT2D eigenvalue weighted by Gasteiger charge is 2.19. The van der Waals surface area contributed by atoms with Crippen LogP contribution in [-0.4, -0.2) is 38.8 Å². The molecule has 1 aliphatic heterocycles. The second-order valence-corrected chi connectivity index (χ2v) is 4.19. The number of carbonyl (C=O) groups is 1. The molecule has 0 radical (unpaired) electrons. The van der Waals surface area contributed by atoms with Crippen LogP contribution in [0.4, 0.5) is 0 Å². The Bertz CT molecular complexity index is 191. The summed E-state index contributed by atoms with van der Waals surface area (Å²) in [6, 6.07) is 0.164. The van der Waals surface area contributed by atoms with Gasteiger partial charge < -0.3 is 15.4 Å². The van der Waals surface area contributed by atoms with Gasteiger partial charge in [0.2, 0.25) is 5.91 Å². The minimum absolute atomic E-state index is 0.160. The molecule has 0 aromatic carbocycles. The lowest BCUT2D eigenvalue weighted by Gasteiger charge is -2.17. The molecule has 0 spiro atoms. The SMILES string of the molecule is CCC(COC)NC(=O)CC1CCNC1. The van der Waals surface area contributed by atoms with E-state index in [1.807, 2.05) is 0 Å². The van der Waals surface area contributed by atoms with Crippen molar-refractivity contribution in [1.82, 2.24) is 10.6 Å². The second kappa shape index (κ2) is 6.80. The van der Waals surface area contributed by atoms with E-state index in [4.69, 9.17) is 4.74 Å². The van der Waals surface area contributed by atoms with Gasteiger partial charge in [-0.25, -0.2) is 0 Å². The van der Waals surface area contributed by atoms with E-state index in [-0.39, 0.29) is 11.9 Å². The molecule has 4 heteroatoms. The van der Waals surface area contributed by atoms with Crippen molar-refractivity contribution in [3.8, 4) is 0 Å². The first-order chi connectivity index (χ1) is 7.26. The Hall–Kier alpha value is -0.610. The zero-order valence-electron chi connectivity index (χ0n) is 9.71. The number of amides is 1. The maximum absolute atomic E-state index is 11.6. The summed E-state index contributed by atoms with van der Waals surface area (Å²) in [6.07, 6.45) is 2.68. The lowest BCUT2D eigenvalue weighted by atomic mass is 10.0. The van der Waals surface area contributed by atoms with Crippen LogP contribution in [0.5, 0.6) is 0 Å². The third kappa shape index (κ3) is 4.62. The molecular weight excluding hydrogens is 192 g/mol. The van der Waals surface area contributed by atoms with Crippen LogP contribution < -0.4 is 10.6 Å². The van der Waals surface area contributed by atoms with Gasteiger partial charge in [-0.1, -0.05) is 6.92 Å². The Kier molecular flexibility index (Phi) is 5.65. The molecule has 88 valence electrons. The number of hydrogen-bond acceptors (Lipinski definition) is 3. The van der Waals surface area contributed by atoms with Crippen molar-refractivity contribution < 1.29 is 9.53 Å². The second-order valence-electron chi connectivity index (χ2n) is 4.19. The molecule has 1 aliphatic rings. The van der Waals surface area contributed by atoms with Crippen LogP contribution in [-0.2, 0) is 9.53 Å². The van der Waals surface area contributed by atoms with Crippen LogP contribution >= 0.6 is 0 Å². The van der Waals surface area contributed by atoms with E-state index in [0.717, 1.165) is 25.9 Å². The van der Waals surface area contributed by atoms with Crippen LogP contribution in [0, 0.1) is 5.92 Å². The Morgan fingerprint density at radius 2 is 2.47 bits per heavy atom. The minimum atomic E-state index is 0.160. The summed E-state index contributed by atoms with van der Waals surface area (Å²) in [5, 5.41) is 6.27. The molecule has 2 N–H and O–H groups in total. The van der Waals surface area contributed by atoms with Gasteiger partial charge in [0.1, 0.15) is 0 Å². The molecule has 0 aliphatic carbocycles. The van der Waals surface area contributed by atoms with Crippen molar-refractivity contribution in [3.05, 3.63) is 0 Å². The smallest absolute Gasteiger partial charge is 0.220 e. The highest BCUT2D eigenvalue weighted by Crippen LogP contribution is 2.11. The molecule has 1 heterocycles. The molecule has 15 heavy (non-hydrogen) atoms. The molecule has 0 aromatic heterocycles. The standard InChI is InChI=1S/C11H22N2O2/c1-3-10(8-15-2)13-11(14)6-9-4-5-12-7-9/h9-10,12H,3-8H2,1-2H3,(H,13,14). The van der Waals surface area contributed by atoms with E-state index in [1.54, 1.807) is 7.11 Å². The summed E-state index contributed by atoms with van der Waals surface area (Å²) in [6.45, 7) is 4.69. The Morgan fingerprint density at radius 1 is 1.67 bits per heavy atom. The van der Waals surface area contributed by atoms with E-state index in [1.165, 1.54) is 0 Å². The molecule has 0 bridgehead atoms. The minimum Gasteiger partial charge on any atom is -0.383 e. The fourth-order valence-corrected chi connectivity index (χ4v) is 1.90. The quantitative estimate of drug-likeness (QED) is 0.678. The summed E-state index contributed by atoms with van der Waals surface area (Å²) < 4.78 is 5.04. The third-order valence-electron chi connectivity index (χ3n) is 2.86. The van der Waals surface area contributed by atoms with Crippen molar-refractivity contribution >= 4 is 5.91 Å². The fourth-order valence-electron chi connectivity index (χ4n) is 1.90. The van der Waals surface area contributed by atoms with Gasteiger partial charge >= 0.3 is 0 Å². The fraction of sp³-hybridized carbons (Fsp3) is 0.909. The molecule has 1 saturated heterocycles. The zero-order chi connectivity index (χ0) is 11.1. The van der Waals surface area contributed by atoms with Crippen LogP contribution in [0.15, 0.2) is 0 Å². The van der Waals surface area contributed by atoms with E-state index >= 15 is 0 Å². The lowest BCUT2D eigenvalue weighted by molar-refractivity contribution is -0.123. The molecular formula is C11H22N2O2. The van der Waals surface area contributed by atoms with Gasteiger partial charge in [0.25, 0.3) is 0 Å². The average Bonchev–Trinajstić information content (AvgIpc) is 2.69. The summed E-state index contributed by atoms with van der Waals surface area (Å²) >= 11 is 0. The molecule has 2 unspecified atom stereocenters. The molecule has 0 saturated carbocycles. The molecule has 1 rings (SSSR count). The molecule has 0 aromatic rings. The number of carbonyl (C=O) groups excluding carboxylic acids is 1. The molecule has 1 fully saturated rings. The Morgan fingerprint density at radius 3 is 3.00 bits per heavy atom. The summed E-state index contributed by atoms with van der Waals surface area (Å²) in [7, 11) is 1.66. The number of ether oxygens (including phenoxy) is 1. The largest absolute Gasteiger partial charge is 0.383 e. The van der Waals surface area contributed by atoms with Gasteiger partial charge in [0.15, 0.2) is 0 Å². The van der Waals surface area contributed by atoms with Crippen molar-refractivity contribution in [1.29, 1.82) is 0 Å². The van der Waals surface area contributed by atoms with Gasteiger partial charge in [-0.2, -0.15) is 0 Å². The van der Waals surface area contributed by atoms with Crippen molar-refractivity contribution in [2.45, 2.75) is 32.2 Å². The average molecular weight is 214 g/mol. The topological polar surface area (TPSA) is 50.4 Å². The summed E-state index contributed by atoms with van der Waals surface area (Å²) in [5.41, 5.74) is 0. The predicted molar refractivity (Wildman–Crippen MR) is 59.7 cm³/mol. The van der Waals surface area contributed by atoms with Crippen LogP contribution in [0.3, 0.4) is 0 Å². The van der Waals surface area contributed by atoms with Crippen molar-refractivity contribution in [2.24, 2.45) is 5.92 Å². The van der Waals surface area contributed by atoms with Crippen LogP contribution in [0.25, 0.3) is 0 Å². The van der Waals surface area contributed by atoms with Crippen molar-refractivity contribution in [3.63, 3.8) is 0 Å². The normalized spacial score (nSPS) is 22.7. The first-order valence-corrected chi connectivity index (χ1v) is 5.75. The van der Waals surface area contributed by atoms with Gasteiger partial charge in [-0.15, -0.1) is 0 Å². The van der Waals surface area contributed by atoms with E-state index in [0.29, 0.717) is 18.9 Å². The van der Waals surface area contributed by atoms with Gasteiger partial charge in [-0.3, -0.25) is 4.79 Å². The Balaban J connectivity index is 2.20. The molecule has 4 nitrogen and oxygen atoms in total. The van der Waals surface area contributed by atoms with Crippen molar-refractivity contribution in [2.75, 3.05) is 26.8 Å². The van der Waals surface area contributed by atoms with E-state index in [9.17, 15) is 4.79 Å². The maximum Gasteiger partial charge on any atom is 0.220 e. The number of hydrogen-bond donors (Lipinski definition) is 2. The highest BCUT2D eigenvalue weighted by atomic mass is 16.5.